The molecule has 6 nitrogen and oxygen atoms in total. The van der Waals surface area contributed by atoms with Crippen LogP contribution in [0.5, 0.6) is 0 Å². The van der Waals surface area contributed by atoms with Gasteiger partial charge < -0.3 is 10.6 Å². The Labute approximate surface area is 169 Å². The molecule has 148 valence electrons. The monoisotopic (exact) mass is 388 g/mol. The maximum Gasteiger partial charge on any atom is 0.257 e. The van der Waals surface area contributed by atoms with Crippen molar-refractivity contribution in [3.63, 3.8) is 0 Å². The van der Waals surface area contributed by atoms with Gasteiger partial charge in [0.15, 0.2) is 0 Å². The fourth-order valence-corrected chi connectivity index (χ4v) is 3.73. The van der Waals surface area contributed by atoms with E-state index in [1.165, 1.54) is 0 Å². The lowest BCUT2D eigenvalue weighted by atomic mass is 9.96. The molecule has 6 heteroatoms. The van der Waals surface area contributed by atoms with E-state index in [9.17, 15) is 9.59 Å². The summed E-state index contributed by atoms with van der Waals surface area (Å²) in [4.78, 5) is 26.7. The summed E-state index contributed by atoms with van der Waals surface area (Å²) in [6, 6.07) is 17.7. The van der Waals surface area contributed by atoms with E-state index in [0.29, 0.717) is 24.3 Å². The van der Waals surface area contributed by atoms with Crippen LogP contribution in [0, 0.1) is 12.8 Å². The van der Waals surface area contributed by atoms with Crippen LogP contribution in [-0.4, -0.2) is 39.6 Å². The summed E-state index contributed by atoms with van der Waals surface area (Å²) in [5.41, 5.74) is 9.58. The Kier molecular flexibility index (Phi) is 5.16. The first-order chi connectivity index (χ1) is 14.0. The largest absolute Gasteiger partial charge is 0.369 e. The van der Waals surface area contributed by atoms with E-state index < -0.39 is 0 Å². The predicted octanol–water partition coefficient (Wildman–Crippen LogP) is 3.19. The first-order valence-corrected chi connectivity index (χ1v) is 9.83. The summed E-state index contributed by atoms with van der Waals surface area (Å²) in [6.45, 7) is 3.01. The van der Waals surface area contributed by atoms with Gasteiger partial charge in [0.05, 0.1) is 17.2 Å². The quantitative estimate of drug-likeness (QED) is 0.745. The van der Waals surface area contributed by atoms with Gasteiger partial charge in [0.1, 0.15) is 5.69 Å². The Morgan fingerprint density at radius 1 is 1.07 bits per heavy atom. The number of aromatic nitrogens is 2. The minimum atomic E-state index is -0.346. The van der Waals surface area contributed by atoms with Crippen molar-refractivity contribution in [1.29, 1.82) is 0 Å². The second-order valence-electron chi connectivity index (χ2n) is 7.53. The van der Waals surface area contributed by atoms with E-state index in [2.05, 4.69) is 0 Å². The molecular formula is C23H24N4O2. The topological polar surface area (TPSA) is 81.2 Å². The molecular weight excluding hydrogens is 364 g/mol. The summed E-state index contributed by atoms with van der Waals surface area (Å²) in [6.07, 6.45) is 3.28. The van der Waals surface area contributed by atoms with Crippen LogP contribution in [0.15, 0.2) is 60.8 Å². The van der Waals surface area contributed by atoms with Gasteiger partial charge in [-0.15, -0.1) is 0 Å². The van der Waals surface area contributed by atoms with Gasteiger partial charge in [-0.05, 0) is 31.9 Å². The van der Waals surface area contributed by atoms with E-state index in [1.54, 1.807) is 15.8 Å². The molecule has 1 atom stereocenters. The maximum absolute atomic E-state index is 13.4. The van der Waals surface area contributed by atoms with E-state index in [0.717, 1.165) is 29.7 Å². The van der Waals surface area contributed by atoms with Gasteiger partial charge in [-0.1, -0.05) is 48.0 Å². The Bertz CT molecular complexity index is 1020. The molecule has 2 amide bonds. The van der Waals surface area contributed by atoms with E-state index in [1.807, 2.05) is 61.5 Å². The fourth-order valence-electron chi connectivity index (χ4n) is 3.73. The van der Waals surface area contributed by atoms with E-state index >= 15 is 0 Å². The highest BCUT2D eigenvalue weighted by Gasteiger charge is 2.30. The normalized spacial score (nSPS) is 16.6. The molecule has 1 aliphatic rings. The summed E-state index contributed by atoms with van der Waals surface area (Å²) in [5, 5.41) is 4.73. The SMILES string of the molecule is Cc1ccc(-n2cc(C(=O)N3CCCC(C(N)=O)C3)c(-c3ccccc3)n2)cc1. The summed E-state index contributed by atoms with van der Waals surface area (Å²) in [5.74, 6) is -0.755. The van der Waals surface area contributed by atoms with Crippen LogP contribution in [0.1, 0.15) is 28.8 Å². The van der Waals surface area contributed by atoms with Gasteiger partial charge in [-0.2, -0.15) is 5.10 Å². The number of benzene rings is 2. The van der Waals surface area contributed by atoms with Crippen molar-refractivity contribution >= 4 is 11.8 Å². The number of likely N-dealkylation sites (tertiary alicyclic amines) is 1. The minimum Gasteiger partial charge on any atom is -0.369 e. The molecule has 0 bridgehead atoms. The Hall–Kier alpha value is -3.41. The number of primary amides is 1. The molecule has 4 rings (SSSR count). The van der Waals surface area contributed by atoms with Gasteiger partial charge in [-0.25, -0.2) is 4.68 Å². The van der Waals surface area contributed by atoms with Crippen LogP contribution in [-0.2, 0) is 4.79 Å². The number of carbonyl (C=O) groups is 2. The molecule has 1 saturated heterocycles. The highest BCUT2D eigenvalue weighted by molar-refractivity contribution is 6.00. The van der Waals surface area contributed by atoms with Crippen LogP contribution in [0.3, 0.4) is 0 Å². The zero-order chi connectivity index (χ0) is 20.4. The average molecular weight is 388 g/mol. The second kappa shape index (κ2) is 7.91. The number of nitrogens with two attached hydrogens (primary N) is 1. The first-order valence-electron chi connectivity index (χ1n) is 9.83. The van der Waals surface area contributed by atoms with Crippen molar-refractivity contribution in [1.82, 2.24) is 14.7 Å². The Morgan fingerprint density at radius 2 is 1.79 bits per heavy atom. The van der Waals surface area contributed by atoms with Crippen molar-refractivity contribution < 1.29 is 9.59 Å². The molecule has 0 saturated carbocycles. The Balaban J connectivity index is 1.73. The van der Waals surface area contributed by atoms with E-state index in [4.69, 9.17) is 10.8 Å². The summed E-state index contributed by atoms with van der Waals surface area (Å²) < 4.78 is 1.74. The van der Waals surface area contributed by atoms with Gasteiger partial charge in [-0.3, -0.25) is 9.59 Å². The highest BCUT2D eigenvalue weighted by Crippen LogP contribution is 2.27. The fraction of sp³-hybridized carbons (Fsp3) is 0.261. The summed E-state index contributed by atoms with van der Waals surface area (Å²) >= 11 is 0. The molecule has 3 aromatic rings. The smallest absolute Gasteiger partial charge is 0.257 e. The van der Waals surface area contributed by atoms with Gasteiger partial charge >= 0.3 is 0 Å². The number of piperidine rings is 1. The van der Waals surface area contributed by atoms with Crippen molar-refractivity contribution in [2.75, 3.05) is 13.1 Å². The number of hydrogen-bond donors (Lipinski definition) is 1. The molecule has 29 heavy (non-hydrogen) atoms. The third-order valence-electron chi connectivity index (χ3n) is 5.40. The zero-order valence-electron chi connectivity index (χ0n) is 16.4. The number of amides is 2. The molecule has 2 heterocycles. The lowest BCUT2D eigenvalue weighted by molar-refractivity contribution is -0.123. The summed E-state index contributed by atoms with van der Waals surface area (Å²) in [7, 11) is 0. The molecule has 2 aromatic carbocycles. The average Bonchev–Trinajstić information content (AvgIpc) is 3.20. The first kappa shape index (κ1) is 18.9. The number of aryl methyl sites for hydroxylation is 1. The maximum atomic E-state index is 13.4. The molecule has 2 N–H and O–H groups in total. The van der Waals surface area contributed by atoms with E-state index in [-0.39, 0.29) is 17.7 Å². The highest BCUT2D eigenvalue weighted by atomic mass is 16.2. The number of nitrogens with zero attached hydrogens (tertiary/aromatic N) is 3. The van der Waals surface area contributed by atoms with Crippen molar-refractivity contribution in [2.45, 2.75) is 19.8 Å². The molecule has 0 aliphatic carbocycles. The Morgan fingerprint density at radius 3 is 2.48 bits per heavy atom. The molecule has 0 radical (unpaired) electrons. The van der Waals surface area contributed by atoms with Crippen molar-refractivity contribution in [3.8, 4) is 16.9 Å². The van der Waals surface area contributed by atoms with Crippen LogP contribution in [0.25, 0.3) is 16.9 Å². The standard InChI is InChI=1S/C23H24N4O2/c1-16-9-11-19(12-10-16)27-15-20(21(25-27)17-6-3-2-4-7-17)23(29)26-13-5-8-18(14-26)22(24)28/h2-4,6-7,9-12,15,18H,5,8,13-14H2,1H3,(H2,24,28). The lowest BCUT2D eigenvalue weighted by Crippen LogP contribution is -2.44. The number of hydrogen-bond acceptors (Lipinski definition) is 3. The third-order valence-corrected chi connectivity index (χ3v) is 5.40. The number of carbonyl (C=O) groups excluding carboxylic acids is 2. The minimum absolute atomic E-state index is 0.117. The lowest BCUT2D eigenvalue weighted by Gasteiger charge is -2.31. The van der Waals surface area contributed by atoms with Gasteiger partial charge in [0, 0.05) is 24.8 Å². The van der Waals surface area contributed by atoms with Crippen molar-refractivity contribution in [2.24, 2.45) is 11.7 Å². The van der Waals surface area contributed by atoms with Gasteiger partial charge in [0.25, 0.3) is 5.91 Å². The van der Waals surface area contributed by atoms with Crippen LogP contribution in [0.4, 0.5) is 0 Å². The molecule has 1 unspecified atom stereocenters. The molecule has 1 aliphatic heterocycles. The second-order valence-corrected chi connectivity index (χ2v) is 7.53. The number of rotatable bonds is 4. The third kappa shape index (κ3) is 3.92. The predicted molar refractivity (Wildman–Crippen MR) is 112 cm³/mol. The van der Waals surface area contributed by atoms with Crippen LogP contribution in [0.2, 0.25) is 0 Å². The van der Waals surface area contributed by atoms with Crippen LogP contribution < -0.4 is 5.73 Å². The van der Waals surface area contributed by atoms with Crippen LogP contribution >= 0.6 is 0 Å². The van der Waals surface area contributed by atoms with Gasteiger partial charge in [0.2, 0.25) is 5.91 Å². The zero-order valence-corrected chi connectivity index (χ0v) is 16.4. The molecule has 0 spiro atoms. The molecule has 1 aromatic heterocycles. The van der Waals surface area contributed by atoms with Crippen molar-refractivity contribution in [3.05, 3.63) is 71.9 Å². The molecule has 1 fully saturated rings.